The Morgan fingerprint density at radius 2 is 1.43 bits per heavy atom. The van der Waals surface area contributed by atoms with E-state index in [-0.39, 0.29) is 30.1 Å². The van der Waals surface area contributed by atoms with Crippen LogP contribution < -0.4 is 10.1 Å². The van der Waals surface area contributed by atoms with Crippen molar-refractivity contribution in [2.24, 2.45) is 4.99 Å². The lowest BCUT2D eigenvalue weighted by atomic mass is 9.95. The first-order chi connectivity index (χ1) is 13.6. The van der Waals surface area contributed by atoms with Crippen LogP contribution in [-0.4, -0.2) is 12.4 Å². The molecule has 0 aromatic heterocycles. The van der Waals surface area contributed by atoms with Crippen LogP contribution in [0.3, 0.4) is 0 Å². The molecular weight excluding hydrogens is 365 g/mol. The first-order valence-corrected chi connectivity index (χ1v) is 8.81. The fraction of sp³-hybridized carbons (Fsp3) is 0.136. The smallest absolute Gasteiger partial charge is 0.145 e. The van der Waals surface area contributed by atoms with E-state index < -0.39 is 6.04 Å². The van der Waals surface area contributed by atoms with Gasteiger partial charge in [0.25, 0.3) is 0 Å². The zero-order valence-corrected chi connectivity index (χ0v) is 14.8. The van der Waals surface area contributed by atoms with Crippen LogP contribution in [0.5, 0.6) is 5.75 Å². The third kappa shape index (κ3) is 4.01. The Balaban J connectivity index is 1.59. The number of nitrogens with zero attached hydrogens (tertiary/aromatic N) is 1. The minimum atomic E-state index is -0.427. The van der Waals surface area contributed by atoms with Crippen LogP contribution in [-0.2, 0) is 0 Å². The topological polar surface area (TPSA) is 33.6 Å². The van der Waals surface area contributed by atoms with E-state index in [4.69, 9.17) is 4.74 Å². The van der Waals surface area contributed by atoms with Crippen LogP contribution in [0.1, 0.15) is 23.2 Å². The van der Waals surface area contributed by atoms with Crippen molar-refractivity contribution in [3.8, 4) is 5.75 Å². The number of benzene rings is 3. The van der Waals surface area contributed by atoms with Gasteiger partial charge in [-0.25, -0.2) is 13.2 Å². The van der Waals surface area contributed by atoms with E-state index in [0.29, 0.717) is 22.7 Å². The van der Waals surface area contributed by atoms with Gasteiger partial charge in [0, 0.05) is 0 Å². The summed E-state index contributed by atoms with van der Waals surface area (Å²) in [6.07, 6.45) is 0. The van der Waals surface area contributed by atoms with Crippen molar-refractivity contribution in [1.29, 1.82) is 0 Å². The van der Waals surface area contributed by atoms with Gasteiger partial charge in [-0.15, -0.1) is 0 Å². The third-order valence-electron chi connectivity index (χ3n) is 4.52. The number of aliphatic imine (C=N–C) groups is 1. The highest BCUT2D eigenvalue weighted by Crippen LogP contribution is 2.36. The normalized spacial score (nSPS) is 18.5. The van der Waals surface area contributed by atoms with Gasteiger partial charge in [0.05, 0.1) is 6.04 Å². The molecule has 3 aromatic carbocycles. The molecule has 0 radical (unpaired) electrons. The fourth-order valence-electron chi connectivity index (χ4n) is 3.22. The second kappa shape index (κ2) is 7.76. The molecular formula is C22H17F3N2O. The van der Waals surface area contributed by atoms with Gasteiger partial charge in [-0.2, -0.15) is 0 Å². The van der Waals surface area contributed by atoms with Crippen LogP contribution in [0, 0.1) is 17.5 Å². The molecule has 142 valence electrons. The van der Waals surface area contributed by atoms with Crippen LogP contribution in [0.25, 0.3) is 0 Å². The molecule has 4 rings (SSSR count). The summed E-state index contributed by atoms with van der Waals surface area (Å²) >= 11 is 0. The lowest BCUT2D eigenvalue weighted by Crippen LogP contribution is -2.28. The molecule has 0 saturated carbocycles. The summed E-state index contributed by atoms with van der Waals surface area (Å²) in [5, 5.41) is 3.25. The monoisotopic (exact) mass is 382 g/mol. The zero-order chi connectivity index (χ0) is 19.5. The molecule has 6 heteroatoms. The molecule has 1 N–H and O–H groups in total. The second-order valence-electron chi connectivity index (χ2n) is 6.50. The summed E-state index contributed by atoms with van der Waals surface area (Å²) in [6.45, 7) is 0.128. The van der Waals surface area contributed by atoms with Gasteiger partial charge in [0.1, 0.15) is 41.7 Å². The molecule has 28 heavy (non-hydrogen) atoms. The van der Waals surface area contributed by atoms with Crippen LogP contribution in [0.15, 0.2) is 77.8 Å². The fourth-order valence-corrected chi connectivity index (χ4v) is 3.22. The van der Waals surface area contributed by atoms with E-state index in [2.05, 4.69) is 10.3 Å². The van der Waals surface area contributed by atoms with E-state index in [1.54, 1.807) is 24.3 Å². The molecule has 0 spiro atoms. The summed E-state index contributed by atoms with van der Waals surface area (Å²) in [4.78, 5) is 4.64. The Morgan fingerprint density at radius 3 is 2.11 bits per heavy atom. The Hall–Kier alpha value is -3.28. The largest absolute Gasteiger partial charge is 0.486 e. The van der Waals surface area contributed by atoms with E-state index in [9.17, 15) is 13.2 Å². The highest BCUT2D eigenvalue weighted by atomic mass is 19.1. The van der Waals surface area contributed by atoms with Gasteiger partial charge < -0.3 is 10.1 Å². The lowest BCUT2D eigenvalue weighted by Gasteiger charge is -2.20. The number of hydrogen-bond donors (Lipinski definition) is 1. The Kier molecular flexibility index (Phi) is 5.02. The first kappa shape index (κ1) is 18.1. The van der Waals surface area contributed by atoms with E-state index in [1.807, 2.05) is 0 Å². The summed E-state index contributed by atoms with van der Waals surface area (Å²) in [5.41, 5.74) is 1.38. The number of rotatable bonds is 5. The highest BCUT2D eigenvalue weighted by molar-refractivity contribution is 5.86. The molecule has 3 aromatic rings. The summed E-state index contributed by atoms with van der Waals surface area (Å²) in [5.74, 6) is -0.00807. The van der Waals surface area contributed by atoms with E-state index in [0.717, 1.165) is 0 Å². The molecule has 0 aliphatic carbocycles. The summed E-state index contributed by atoms with van der Waals surface area (Å²) < 4.78 is 46.1. The maximum Gasteiger partial charge on any atom is 0.145 e. The minimum Gasteiger partial charge on any atom is -0.486 e. The molecule has 0 amide bonds. The third-order valence-corrected chi connectivity index (χ3v) is 4.52. The maximum absolute atomic E-state index is 13.7. The Morgan fingerprint density at radius 1 is 0.786 bits per heavy atom. The number of halogens is 3. The van der Waals surface area contributed by atoms with Gasteiger partial charge in [0.15, 0.2) is 0 Å². The average Bonchev–Trinajstić information content (AvgIpc) is 3.12. The van der Waals surface area contributed by atoms with Crippen molar-refractivity contribution in [2.45, 2.75) is 12.1 Å². The lowest BCUT2D eigenvalue weighted by molar-refractivity contribution is 0.371. The first-order valence-electron chi connectivity index (χ1n) is 8.81. The zero-order valence-electron chi connectivity index (χ0n) is 14.8. The number of hydrogen-bond acceptors (Lipinski definition) is 3. The minimum absolute atomic E-state index is 0.128. The molecule has 0 saturated heterocycles. The number of nitrogens with one attached hydrogen (secondary N) is 1. The SMILES string of the molecule is Fc1ccc(OCC2=N[C@@H](c3cccc(F)c3)[C@@H](c3cccc(F)c3)N2)cc1. The van der Waals surface area contributed by atoms with E-state index in [1.165, 1.54) is 48.5 Å². The molecule has 2 atom stereocenters. The Bertz CT molecular complexity index is 1000. The van der Waals surface area contributed by atoms with Crippen LogP contribution >= 0.6 is 0 Å². The second-order valence-corrected chi connectivity index (χ2v) is 6.50. The predicted molar refractivity (Wildman–Crippen MR) is 101 cm³/mol. The molecule has 0 fully saturated rings. The van der Waals surface area contributed by atoms with Gasteiger partial charge in [-0.05, 0) is 59.7 Å². The van der Waals surface area contributed by atoms with Crippen molar-refractivity contribution in [1.82, 2.24) is 5.32 Å². The maximum atomic E-state index is 13.7. The van der Waals surface area contributed by atoms with Gasteiger partial charge >= 0.3 is 0 Å². The van der Waals surface area contributed by atoms with Crippen LogP contribution in [0.2, 0.25) is 0 Å². The standard InChI is InChI=1S/C22H17F3N2O/c23-16-7-9-19(10-8-16)28-13-20-26-21(14-3-1-5-17(24)11-14)22(27-20)15-4-2-6-18(25)12-15/h1-12,21-22H,13H2,(H,26,27)/t21-,22+. The summed E-state index contributed by atoms with van der Waals surface area (Å²) in [6, 6.07) is 17.3. The molecule has 1 heterocycles. The molecule has 0 unspecified atom stereocenters. The van der Waals surface area contributed by atoms with Crippen molar-refractivity contribution >= 4 is 5.84 Å². The van der Waals surface area contributed by atoms with Crippen molar-refractivity contribution in [3.05, 3.63) is 101 Å². The van der Waals surface area contributed by atoms with Crippen LogP contribution in [0.4, 0.5) is 13.2 Å². The van der Waals surface area contributed by atoms with Crippen molar-refractivity contribution in [3.63, 3.8) is 0 Å². The van der Waals surface area contributed by atoms with Gasteiger partial charge in [-0.1, -0.05) is 24.3 Å². The Labute approximate surface area is 160 Å². The molecule has 0 bridgehead atoms. The van der Waals surface area contributed by atoms with Gasteiger partial charge in [0.2, 0.25) is 0 Å². The van der Waals surface area contributed by atoms with Crippen molar-refractivity contribution < 1.29 is 17.9 Å². The van der Waals surface area contributed by atoms with E-state index >= 15 is 0 Å². The molecule has 1 aliphatic rings. The van der Waals surface area contributed by atoms with Crippen molar-refractivity contribution in [2.75, 3.05) is 6.61 Å². The van der Waals surface area contributed by atoms with Gasteiger partial charge in [-0.3, -0.25) is 4.99 Å². The molecule has 3 nitrogen and oxygen atoms in total. The highest BCUT2D eigenvalue weighted by Gasteiger charge is 2.31. The predicted octanol–water partition coefficient (Wildman–Crippen LogP) is 4.97. The summed E-state index contributed by atoms with van der Waals surface area (Å²) in [7, 11) is 0. The number of amidine groups is 1. The average molecular weight is 382 g/mol. The molecule has 1 aliphatic heterocycles. The number of ether oxygens (including phenoxy) is 1. The quantitative estimate of drug-likeness (QED) is 0.676.